The monoisotopic (exact) mass is 305 g/mol. The molecule has 1 aromatic heterocycles. The minimum absolute atomic E-state index is 0.384. The van der Waals surface area contributed by atoms with Gasteiger partial charge in [0.05, 0.1) is 30.6 Å². The summed E-state index contributed by atoms with van der Waals surface area (Å²) in [6.07, 6.45) is 1.68. The van der Waals surface area contributed by atoms with Crippen molar-refractivity contribution in [2.75, 3.05) is 36.9 Å². The summed E-state index contributed by atoms with van der Waals surface area (Å²) in [6.45, 7) is 11.2. The van der Waals surface area contributed by atoms with E-state index in [9.17, 15) is 0 Å². The molecule has 2 aliphatic rings. The van der Waals surface area contributed by atoms with Crippen LogP contribution < -0.4 is 16.1 Å². The van der Waals surface area contributed by atoms with Crippen LogP contribution in [0.3, 0.4) is 0 Å². The standard InChI is InChI=1S/C15H24BN3O3/c1-14(2)15(3,4)22-16(21-14)12-9-11(17)10-18-13(12)19-5-7-20-8-6-19/h9-10H,5-8,17H2,1-4H3. The molecule has 2 aliphatic heterocycles. The summed E-state index contributed by atoms with van der Waals surface area (Å²) in [4.78, 5) is 6.73. The number of nitrogens with two attached hydrogens (primary N) is 1. The second-order valence-corrected chi connectivity index (χ2v) is 6.87. The second-order valence-electron chi connectivity index (χ2n) is 6.87. The fourth-order valence-electron chi connectivity index (χ4n) is 2.67. The van der Waals surface area contributed by atoms with Crippen molar-refractivity contribution in [1.82, 2.24) is 4.98 Å². The van der Waals surface area contributed by atoms with Crippen molar-refractivity contribution in [1.29, 1.82) is 0 Å². The number of hydrogen-bond donors (Lipinski definition) is 1. The zero-order valence-corrected chi connectivity index (χ0v) is 13.8. The number of anilines is 2. The Morgan fingerprint density at radius 3 is 2.32 bits per heavy atom. The Morgan fingerprint density at radius 2 is 1.73 bits per heavy atom. The number of aromatic nitrogens is 1. The first-order valence-electron chi connectivity index (χ1n) is 7.74. The Balaban J connectivity index is 1.94. The third-order valence-corrected chi connectivity index (χ3v) is 4.73. The van der Waals surface area contributed by atoms with Crippen molar-refractivity contribution < 1.29 is 14.0 Å². The average molecular weight is 305 g/mol. The summed E-state index contributed by atoms with van der Waals surface area (Å²) in [5.41, 5.74) is 6.68. The Hall–Kier alpha value is -1.31. The van der Waals surface area contributed by atoms with E-state index in [-0.39, 0.29) is 11.2 Å². The predicted octanol–water partition coefficient (Wildman–Crippen LogP) is 0.800. The molecule has 0 aromatic carbocycles. The maximum Gasteiger partial charge on any atom is 0.498 e. The molecule has 7 heteroatoms. The molecule has 0 saturated carbocycles. The van der Waals surface area contributed by atoms with E-state index < -0.39 is 7.12 Å². The molecular formula is C15H24BN3O3. The topological polar surface area (TPSA) is 69.8 Å². The van der Waals surface area contributed by atoms with Crippen molar-refractivity contribution in [2.24, 2.45) is 0 Å². The molecule has 2 saturated heterocycles. The lowest BCUT2D eigenvalue weighted by Gasteiger charge is -2.32. The molecule has 0 bridgehead atoms. The number of pyridine rings is 1. The SMILES string of the molecule is CC1(C)OB(c2cc(N)cnc2N2CCOCC2)OC1(C)C. The van der Waals surface area contributed by atoms with Crippen molar-refractivity contribution >= 4 is 24.1 Å². The first-order chi connectivity index (χ1) is 10.3. The highest BCUT2D eigenvalue weighted by Gasteiger charge is 2.52. The van der Waals surface area contributed by atoms with Crippen LogP contribution in [0.5, 0.6) is 0 Å². The second kappa shape index (κ2) is 5.40. The minimum Gasteiger partial charge on any atom is -0.399 e. The number of nitrogens with zero attached hydrogens (tertiary/aromatic N) is 2. The average Bonchev–Trinajstić information content (AvgIpc) is 2.68. The number of rotatable bonds is 2. The first kappa shape index (κ1) is 15.6. The highest BCUT2D eigenvalue weighted by Crippen LogP contribution is 2.37. The summed E-state index contributed by atoms with van der Waals surface area (Å²) in [5, 5.41) is 0. The van der Waals surface area contributed by atoms with E-state index >= 15 is 0 Å². The lowest BCUT2D eigenvalue weighted by molar-refractivity contribution is 0.00578. The normalized spacial score (nSPS) is 23.8. The molecule has 0 unspecified atom stereocenters. The van der Waals surface area contributed by atoms with Gasteiger partial charge in [-0.25, -0.2) is 4.98 Å². The molecule has 2 N–H and O–H groups in total. The van der Waals surface area contributed by atoms with E-state index in [1.165, 1.54) is 0 Å². The molecule has 0 atom stereocenters. The fraction of sp³-hybridized carbons (Fsp3) is 0.667. The molecule has 1 aromatic rings. The van der Waals surface area contributed by atoms with Crippen LogP contribution in [0.15, 0.2) is 12.3 Å². The van der Waals surface area contributed by atoms with Gasteiger partial charge in [-0.1, -0.05) is 0 Å². The Labute approximate surface area is 132 Å². The number of ether oxygens (including phenoxy) is 1. The molecule has 120 valence electrons. The first-order valence-corrected chi connectivity index (χ1v) is 7.74. The molecule has 0 aliphatic carbocycles. The summed E-state index contributed by atoms with van der Waals surface area (Å²) >= 11 is 0. The number of hydrogen-bond acceptors (Lipinski definition) is 6. The van der Waals surface area contributed by atoms with E-state index in [0.717, 1.165) is 24.4 Å². The summed E-state index contributed by atoms with van der Waals surface area (Å²) in [6, 6.07) is 1.90. The quantitative estimate of drug-likeness (QED) is 0.815. The molecular weight excluding hydrogens is 281 g/mol. The Bertz CT molecular complexity index is 543. The van der Waals surface area contributed by atoms with Crippen LogP contribution in [0.2, 0.25) is 0 Å². The fourth-order valence-corrected chi connectivity index (χ4v) is 2.67. The lowest BCUT2D eigenvalue weighted by Crippen LogP contribution is -2.44. The van der Waals surface area contributed by atoms with Crippen molar-refractivity contribution in [3.05, 3.63) is 12.3 Å². The van der Waals surface area contributed by atoms with E-state index in [2.05, 4.69) is 9.88 Å². The van der Waals surface area contributed by atoms with Crippen LogP contribution in [-0.2, 0) is 14.0 Å². The molecule has 3 rings (SSSR count). The van der Waals surface area contributed by atoms with Gasteiger partial charge in [-0.2, -0.15) is 0 Å². The van der Waals surface area contributed by atoms with Gasteiger partial charge in [0, 0.05) is 24.2 Å². The highest BCUT2D eigenvalue weighted by molar-refractivity contribution is 6.64. The highest BCUT2D eigenvalue weighted by atomic mass is 16.7. The van der Waals surface area contributed by atoms with Gasteiger partial charge < -0.3 is 24.7 Å². The molecule has 6 nitrogen and oxygen atoms in total. The van der Waals surface area contributed by atoms with Crippen LogP contribution in [-0.4, -0.2) is 49.6 Å². The van der Waals surface area contributed by atoms with Gasteiger partial charge in [0.1, 0.15) is 5.82 Å². The maximum absolute atomic E-state index is 6.16. The van der Waals surface area contributed by atoms with E-state index in [1.54, 1.807) is 6.20 Å². The van der Waals surface area contributed by atoms with Gasteiger partial charge in [-0.05, 0) is 33.8 Å². The third kappa shape index (κ3) is 2.68. The van der Waals surface area contributed by atoms with Crippen LogP contribution >= 0.6 is 0 Å². The van der Waals surface area contributed by atoms with Gasteiger partial charge in [0.25, 0.3) is 0 Å². The van der Waals surface area contributed by atoms with Crippen molar-refractivity contribution in [2.45, 2.75) is 38.9 Å². The third-order valence-electron chi connectivity index (χ3n) is 4.73. The lowest BCUT2D eigenvalue weighted by atomic mass is 9.78. The largest absolute Gasteiger partial charge is 0.498 e. The summed E-state index contributed by atoms with van der Waals surface area (Å²) in [5.74, 6) is 0.871. The molecule has 3 heterocycles. The number of nitrogen functional groups attached to an aromatic ring is 1. The molecule has 2 fully saturated rings. The van der Waals surface area contributed by atoms with Crippen LogP contribution in [0.25, 0.3) is 0 Å². The van der Waals surface area contributed by atoms with Gasteiger partial charge in [0.15, 0.2) is 0 Å². The molecule has 0 radical (unpaired) electrons. The molecule has 0 amide bonds. The van der Waals surface area contributed by atoms with Crippen molar-refractivity contribution in [3.8, 4) is 0 Å². The van der Waals surface area contributed by atoms with E-state index in [4.69, 9.17) is 19.8 Å². The smallest absolute Gasteiger partial charge is 0.399 e. The van der Waals surface area contributed by atoms with E-state index in [1.807, 2.05) is 33.8 Å². The van der Waals surface area contributed by atoms with Gasteiger partial charge >= 0.3 is 7.12 Å². The number of morpholine rings is 1. The van der Waals surface area contributed by atoms with Crippen molar-refractivity contribution in [3.63, 3.8) is 0 Å². The molecule has 0 spiro atoms. The van der Waals surface area contributed by atoms with E-state index in [0.29, 0.717) is 18.9 Å². The Morgan fingerprint density at radius 1 is 1.14 bits per heavy atom. The van der Waals surface area contributed by atoms with Gasteiger partial charge in [0.2, 0.25) is 0 Å². The molecule has 22 heavy (non-hydrogen) atoms. The zero-order valence-electron chi connectivity index (χ0n) is 13.8. The van der Waals surface area contributed by atoms with Gasteiger partial charge in [-0.15, -0.1) is 0 Å². The van der Waals surface area contributed by atoms with Crippen LogP contribution in [0.1, 0.15) is 27.7 Å². The Kier molecular flexibility index (Phi) is 3.83. The zero-order chi connectivity index (χ0) is 16.0. The maximum atomic E-state index is 6.16. The van der Waals surface area contributed by atoms with Crippen LogP contribution in [0, 0.1) is 0 Å². The summed E-state index contributed by atoms with van der Waals surface area (Å²) < 4.78 is 17.7. The van der Waals surface area contributed by atoms with Gasteiger partial charge in [-0.3, -0.25) is 0 Å². The minimum atomic E-state index is -0.459. The predicted molar refractivity (Wildman–Crippen MR) is 87.4 cm³/mol. The van der Waals surface area contributed by atoms with Crippen LogP contribution in [0.4, 0.5) is 11.5 Å². The summed E-state index contributed by atoms with van der Waals surface area (Å²) in [7, 11) is -0.459.